The molecule has 1 N–H and O–H groups in total. The minimum atomic E-state index is -3.77. The molecular weight excluding hydrogens is 462 g/mol. The molecule has 0 aromatic heterocycles. The third kappa shape index (κ3) is 7.82. The molecule has 2 atom stereocenters. The van der Waals surface area contributed by atoms with Crippen LogP contribution >= 0.6 is 0 Å². The van der Waals surface area contributed by atoms with Crippen LogP contribution in [0.3, 0.4) is 0 Å². The van der Waals surface area contributed by atoms with Crippen molar-refractivity contribution in [1.82, 2.24) is 10.2 Å². The molecular formula is C27H39N3O4S. The number of hydrogen-bond acceptors (Lipinski definition) is 4. The van der Waals surface area contributed by atoms with Crippen molar-refractivity contribution in [2.75, 3.05) is 17.1 Å². The fourth-order valence-corrected chi connectivity index (χ4v) is 4.72. The minimum Gasteiger partial charge on any atom is -0.352 e. The lowest BCUT2D eigenvalue weighted by atomic mass is 10.0. The van der Waals surface area contributed by atoms with Crippen molar-refractivity contribution in [3.63, 3.8) is 0 Å². The van der Waals surface area contributed by atoms with Gasteiger partial charge in [-0.3, -0.25) is 13.9 Å². The van der Waals surface area contributed by atoms with Gasteiger partial charge in [0.25, 0.3) is 0 Å². The van der Waals surface area contributed by atoms with E-state index in [2.05, 4.69) is 5.32 Å². The van der Waals surface area contributed by atoms with Gasteiger partial charge >= 0.3 is 0 Å². The number of nitrogens with zero attached hydrogens (tertiary/aromatic N) is 2. The van der Waals surface area contributed by atoms with Crippen LogP contribution in [0.1, 0.15) is 63.6 Å². The molecule has 2 amide bonds. The summed E-state index contributed by atoms with van der Waals surface area (Å²) < 4.78 is 26.8. The van der Waals surface area contributed by atoms with E-state index in [1.54, 1.807) is 19.1 Å². The van der Waals surface area contributed by atoms with E-state index in [9.17, 15) is 18.0 Å². The highest BCUT2D eigenvalue weighted by Crippen LogP contribution is 2.29. The summed E-state index contributed by atoms with van der Waals surface area (Å²) >= 11 is 0. The second-order valence-corrected chi connectivity index (χ2v) is 11.4. The molecule has 0 spiro atoms. The monoisotopic (exact) mass is 501 g/mol. The van der Waals surface area contributed by atoms with Gasteiger partial charge in [-0.15, -0.1) is 0 Å². The first-order valence-electron chi connectivity index (χ1n) is 12.1. The number of hydrogen-bond donors (Lipinski definition) is 1. The van der Waals surface area contributed by atoms with Gasteiger partial charge in [0.15, 0.2) is 0 Å². The molecule has 2 aromatic rings. The van der Waals surface area contributed by atoms with Gasteiger partial charge in [0.1, 0.15) is 12.6 Å². The summed E-state index contributed by atoms with van der Waals surface area (Å²) in [5.41, 5.74) is 3.22. The van der Waals surface area contributed by atoms with Crippen molar-refractivity contribution in [3.05, 3.63) is 65.2 Å². The van der Waals surface area contributed by atoms with Crippen molar-refractivity contribution < 1.29 is 18.0 Å². The number of para-hydroxylation sites is 1. The zero-order valence-corrected chi connectivity index (χ0v) is 22.7. The fourth-order valence-electron chi connectivity index (χ4n) is 3.85. The summed E-state index contributed by atoms with van der Waals surface area (Å²) in [6.45, 7) is 11.3. The lowest BCUT2D eigenvalue weighted by molar-refractivity contribution is -0.139. The van der Waals surface area contributed by atoms with Crippen LogP contribution in [0.5, 0.6) is 0 Å². The number of anilines is 1. The molecule has 0 fully saturated rings. The molecule has 2 rings (SSSR count). The first-order chi connectivity index (χ1) is 16.3. The normalized spacial score (nSPS) is 13.3. The van der Waals surface area contributed by atoms with Gasteiger partial charge in [0.2, 0.25) is 21.8 Å². The first-order valence-corrected chi connectivity index (χ1v) is 13.9. The Balaban J connectivity index is 2.45. The van der Waals surface area contributed by atoms with Crippen LogP contribution in [-0.4, -0.2) is 50.0 Å². The summed E-state index contributed by atoms with van der Waals surface area (Å²) in [5, 5.41) is 2.94. The van der Waals surface area contributed by atoms with E-state index in [0.29, 0.717) is 5.69 Å². The average Bonchev–Trinajstić information content (AvgIpc) is 2.79. The van der Waals surface area contributed by atoms with E-state index >= 15 is 0 Å². The number of carbonyl (C=O) groups excluding carboxylic acids is 2. The molecule has 0 aliphatic carbocycles. The number of amides is 2. The van der Waals surface area contributed by atoms with Gasteiger partial charge in [-0.2, -0.15) is 0 Å². The predicted molar refractivity (Wildman–Crippen MR) is 142 cm³/mol. The van der Waals surface area contributed by atoms with E-state index in [0.717, 1.165) is 33.7 Å². The smallest absolute Gasteiger partial charge is 0.244 e. The standard InChI is InChI=1S/C27H39N3O4S/c1-8-21(5)28-27(32)22(6)29(17-23-13-11-12-20(4)16-23)26(31)18-30(35(7,33)34)25-15-10-9-14-24(25)19(2)3/h9-16,19,21-22H,8,17-18H2,1-7H3,(H,28,32)/t21-,22-/m1/s1. The number of nitrogens with one attached hydrogen (secondary N) is 1. The Labute approximate surface area is 210 Å². The van der Waals surface area contributed by atoms with Gasteiger partial charge in [-0.05, 0) is 50.3 Å². The molecule has 0 aliphatic rings. The fraction of sp³-hybridized carbons (Fsp3) is 0.481. The van der Waals surface area contributed by atoms with E-state index in [1.807, 2.05) is 71.0 Å². The third-order valence-electron chi connectivity index (χ3n) is 6.11. The molecule has 0 heterocycles. The second kappa shape index (κ2) is 12.2. The van der Waals surface area contributed by atoms with Crippen molar-refractivity contribution >= 4 is 27.5 Å². The van der Waals surface area contributed by atoms with Crippen LogP contribution in [0.2, 0.25) is 0 Å². The largest absolute Gasteiger partial charge is 0.352 e. The summed E-state index contributed by atoms with van der Waals surface area (Å²) in [5.74, 6) is -0.648. The van der Waals surface area contributed by atoms with Crippen LogP contribution in [0.25, 0.3) is 0 Å². The molecule has 0 aliphatic heterocycles. The van der Waals surface area contributed by atoms with Gasteiger partial charge in [-0.25, -0.2) is 8.42 Å². The Morgan fingerprint density at radius 1 is 1.00 bits per heavy atom. The Morgan fingerprint density at radius 3 is 2.23 bits per heavy atom. The van der Waals surface area contributed by atoms with Crippen LogP contribution < -0.4 is 9.62 Å². The predicted octanol–water partition coefficient (Wildman–Crippen LogP) is 4.22. The highest BCUT2D eigenvalue weighted by Gasteiger charge is 2.31. The van der Waals surface area contributed by atoms with Crippen LogP contribution in [0.4, 0.5) is 5.69 Å². The van der Waals surface area contributed by atoms with Gasteiger partial charge < -0.3 is 10.2 Å². The zero-order chi connectivity index (χ0) is 26.3. The summed E-state index contributed by atoms with van der Waals surface area (Å²) in [6.07, 6.45) is 1.86. The highest BCUT2D eigenvalue weighted by atomic mass is 32.2. The maximum Gasteiger partial charge on any atom is 0.244 e. The zero-order valence-electron chi connectivity index (χ0n) is 21.9. The van der Waals surface area contributed by atoms with E-state index < -0.39 is 28.5 Å². The number of benzene rings is 2. The van der Waals surface area contributed by atoms with Crippen molar-refractivity contribution in [2.24, 2.45) is 0 Å². The molecule has 0 bridgehead atoms. The van der Waals surface area contributed by atoms with Crippen molar-refractivity contribution in [2.45, 2.75) is 72.5 Å². The average molecular weight is 502 g/mol. The molecule has 0 radical (unpaired) electrons. The van der Waals surface area contributed by atoms with Crippen LogP contribution in [-0.2, 0) is 26.2 Å². The third-order valence-corrected chi connectivity index (χ3v) is 7.24. The lowest BCUT2D eigenvalue weighted by Crippen LogP contribution is -2.52. The number of sulfonamides is 1. The maximum absolute atomic E-state index is 13.7. The highest BCUT2D eigenvalue weighted by molar-refractivity contribution is 7.92. The number of rotatable bonds is 11. The molecule has 0 saturated heterocycles. The van der Waals surface area contributed by atoms with Crippen molar-refractivity contribution in [1.29, 1.82) is 0 Å². The minimum absolute atomic E-state index is 0.0358. The Morgan fingerprint density at radius 2 is 1.66 bits per heavy atom. The maximum atomic E-state index is 13.7. The Bertz CT molecular complexity index is 1130. The van der Waals surface area contributed by atoms with Crippen LogP contribution in [0, 0.1) is 6.92 Å². The summed E-state index contributed by atoms with van der Waals surface area (Å²) in [4.78, 5) is 28.1. The van der Waals surface area contributed by atoms with Crippen LogP contribution in [0.15, 0.2) is 48.5 Å². The molecule has 35 heavy (non-hydrogen) atoms. The van der Waals surface area contributed by atoms with E-state index in [4.69, 9.17) is 0 Å². The van der Waals surface area contributed by atoms with Crippen molar-refractivity contribution in [3.8, 4) is 0 Å². The Hall–Kier alpha value is -2.87. The van der Waals surface area contributed by atoms with Gasteiger partial charge in [0, 0.05) is 12.6 Å². The number of carbonyl (C=O) groups is 2. The van der Waals surface area contributed by atoms with Gasteiger partial charge in [0.05, 0.1) is 11.9 Å². The molecule has 0 saturated carbocycles. The molecule has 0 unspecified atom stereocenters. The molecule has 8 heteroatoms. The van der Waals surface area contributed by atoms with Gasteiger partial charge in [-0.1, -0.05) is 68.8 Å². The second-order valence-electron chi connectivity index (χ2n) is 9.49. The lowest BCUT2D eigenvalue weighted by Gasteiger charge is -2.32. The topological polar surface area (TPSA) is 86.8 Å². The molecule has 2 aromatic carbocycles. The quantitative estimate of drug-likeness (QED) is 0.500. The number of aryl methyl sites for hydroxylation is 1. The SMILES string of the molecule is CC[C@@H](C)NC(=O)[C@@H](C)N(Cc1cccc(C)c1)C(=O)CN(c1ccccc1C(C)C)S(C)(=O)=O. The van der Waals surface area contributed by atoms with E-state index in [-0.39, 0.29) is 24.4 Å². The Kier molecular flexibility index (Phi) is 9.89. The molecule has 7 nitrogen and oxygen atoms in total. The first kappa shape index (κ1) is 28.4. The summed E-state index contributed by atoms with van der Waals surface area (Å²) in [7, 11) is -3.77. The van der Waals surface area contributed by atoms with E-state index in [1.165, 1.54) is 4.90 Å². The molecule has 192 valence electrons. The summed E-state index contributed by atoms with van der Waals surface area (Å²) in [6, 6.07) is 14.1.